The molecule has 2 fully saturated rings. The molecule has 0 radical (unpaired) electrons. The Morgan fingerprint density at radius 2 is 1.95 bits per heavy atom. The molecule has 1 N–H and O–H groups in total. The summed E-state index contributed by atoms with van der Waals surface area (Å²) >= 11 is 0. The molecule has 22 heavy (non-hydrogen) atoms. The van der Waals surface area contributed by atoms with Gasteiger partial charge >= 0.3 is 29.6 Å². The molecule has 0 amide bonds. The topological polar surface area (TPSA) is 86.3 Å². The first-order chi connectivity index (χ1) is 9.87. The second-order valence-corrected chi connectivity index (χ2v) is 8.16. The number of carbonyl (C=O) groups is 1. The zero-order valence-electron chi connectivity index (χ0n) is 13.5. The largest absolute Gasteiger partial charge is 1.00 e. The molecule has 0 aromatic heterocycles. The van der Waals surface area contributed by atoms with Gasteiger partial charge in [-0.1, -0.05) is 12.2 Å². The standard InChI is InChI=1S/C15H25NO4S.Na/c1-21(19,20)16-15-12-9-8-11(10-12)13(15)6-4-2-3-5-7-14(17)18;/h2,4,11-13,15-16H,3,5-10H2,1H3,(H,17,18);/q;+1/p-1/b4-2-;/t11-,12?,13+,15+;/m1./s1. The van der Waals surface area contributed by atoms with Crippen LogP contribution in [0.5, 0.6) is 0 Å². The maximum Gasteiger partial charge on any atom is 1.00 e. The molecule has 0 heterocycles. The third kappa shape index (κ3) is 5.96. The van der Waals surface area contributed by atoms with E-state index in [1.54, 1.807) is 0 Å². The van der Waals surface area contributed by atoms with E-state index in [0.29, 0.717) is 24.2 Å². The first kappa shape index (κ1) is 20.2. The van der Waals surface area contributed by atoms with E-state index in [9.17, 15) is 18.3 Å². The number of nitrogens with one attached hydrogen (secondary N) is 1. The van der Waals surface area contributed by atoms with E-state index in [4.69, 9.17) is 0 Å². The maximum absolute atomic E-state index is 11.5. The summed E-state index contributed by atoms with van der Waals surface area (Å²) in [5, 5.41) is 10.3. The number of carbonyl (C=O) groups excluding carboxylic acids is 1. The van der Waals surface area contributed by atoms with E-state index in [1.807, 2.05) is 6.08 Å². The zero-order valence-corrected chi connectivity index (χ0v) is 16.3. The van der Waals surface area contributed by atoms with Crippen LogP contribution in [0.2, 0.25) is 0 Å². The molecule has 0 aromatic carbocycles. The molecule has 2 rings (SSSR count). The quantitative estimate of drug-likeness (QED) is 0.310. The van der Waals surface area contributed by atoms with Gasteiger partial charge in [0.05, 0.1) is 6.26 Å². The fraction of sp³-hybridized carbons (Fsp3) is 0.800. The summed E-state index contributed by atoms with van der Waals surface area (Å²) in [5.41, 5.74) is 0. The molecule has 4 atom stereocenters. The predicted molar refractivity (Wildman–Crippen MR) is 78.7 cm³/mol. The third-order valence-electron chi connectivity index (χ3n) is 4.77. The molecule has 0 saturated heterocycles. The average Bonchev–Trinajstić information content (AvgIpc) is 2.93. The molecule has 5 nitrogen and oxygen atoms in total. The van der Waals surface area contributed by atoms with Crippen molar-refractivity contribution in [3.63, 3.8) is 0 Å². The Balaban J connectivity index is 0.00000242. The van der Waals surface area contributed by atoms with Gasteiger partial charge in [0.2, 0.25) is 10.0 Å². The molecule has 7 heteroatoms. The van der Waals surface area contributed by atoms with Crippen molar-refractivity contribution in [3.05, 3.63) is 12.2 Å². The number of unbranched alkanes of at least 4 members (excludes halogenated alkanes) is 1. The van der Waals surface area contributed by atoms with Gasteiger partial charge in [-0.3, -0.25) is 0 Å². The van der Waals surface area contributed by atoms with Crippen LogP contribution in [-0.2, 0) is 14.8 Å². The van der Waals surface area contributed by atoms with Crippen molar-refractivity contribution in [2.75, 3.05) is 6.26 Å². The average molecular weight is 337 g/mol. The summed E-state index contributed by atoms with van der Waals surface area (Å²) in [6, 6.07) is 0.0756. The van der Waals surface area contributed by atoms with Crippen LogP contribution in [0.15, 0.2) is 12.2 Å². The molecule has 1 unspecified atom stereocenters. The Morgan fingerprint density at radius 3 is 2.59 bits per heavy atom. The van der Waals surface area contributed by atoms with Gasteiger partial charge in [0.15, 0.2) is 0 Å². The number of allylic oxidation sites excluding steroid dienone is 2. The summed E-state index contributed by atoms with van der Waals surface area (Å²) < 4.78 is 25.8. The van der Waals surface area contributed by atoms with Crippen LogP contribution in [-0.4, -0.2) is 26.7 Å². The number of aliphatic carboxylic acids is 1. The van der Waals surface area contributed by atoms with Gasteiger partial charge < -0.3 is 9.90 Å². The SMILES string of the molecule is CS(=O)(=O)N[C@H]1C2CC[C@H](C2)[C@@H]1C/C=C\CCCC(=O)[O-].[Na+]. The van der Waals surface area contributed by atoms with Gasteiger partial charge in [-0.15, -0.1) is 0 Å². The summed E-state index contributed by atoms with van der Waals surface area (Å²) in [6.45, 7) is 0. The smallest absolute Gasteiger partial charge is 0.550 e. The van der Waals surface area contributed by atoms with Crippen LogP contribution in [0.4, 0.5) is 0 Å². The molecule has 2 aliphatic rings. The van der Waals surface area contributed by atoms with Gasteiger partial charge in [0.25, 0.3) is 0 Å². The number of hydrogen-bond donors (Lipinski definition) is 1. The Labute approximate surface area is 155 Å². The van der Waals surface area contributed by atoms with Gasteiger partial charge in [-0.2, -0.15) is 0 Å². The Bertz CT molecular complexity index is 506. The Kier molecular flexibility index (Phi) is 8.09. The van der Waals surface area contributed by atoms with Crippen LogP contribution in [0.25, 0.3) is 0 Å². The Morgan fingerprint density at radius 1 is 1.27 bits per heavy atom. The second-order valence-electron chi connectivity index (χ2n) is 6.38. The van der Waals surface area contributed by atoms with Crippen LogP contribution in [0, 0.1) is 17.8 Å². The van der Waals surface area contributed by atoms with Gasteiger partial charge in [-0.05, 0) is 62.7 Å². The van der Waals surface area contributed by atoms with E-state index in [0.717, 1.165) is 25.7 Å². The minimum Gasteiger partial charge on any atom is -0.550 e. The second kappa shape index (κ2) is 8.83. The molecule has 120 valence electrons. The normalized spacial score (nSPS) is 30.6. The van der Waals surface area contributed by atoms with Crippen molar-refractivity contribution in [1.29, 1.82) is 0 Å². The van der Waals surface area contributed by atoms with Crippen molar-refractivity contribution in [1.82, 2.24) is 4.72 Å². The van der Waals surface area contributed by atoms with Crippen LogP contribution < -0.4 is 39.4 Å². The van der Waals surface area contributed by atoms with Gasteiger partial charge in [-0.25, -0.2) is 13.1 Å². The van der Waals surface area contributed by atoms with Crippen molar-refractivity contribution in [2.45, 2.75) is 51.0 Å². The maximum atomic E-state index is 11.5. The van der Waals surface area contributed by atoms with Crippen molar-refractivity contribution in [2.24, 2.45) is 17.8 Å². The monoisotopic (exact) mass is 337 g/mol. The number of fused-ring (bicyclic) bond motifs is 2. The number of rotatable bonds is 8. The van der Waals surface area contributed by atoms with Crippen molar-refractivity contribution in [3.8, 4) is 0 Å². The summed E-state index contributed by atoms with van der Waals surface area (Å²) in [5.74, 6) is 0.494. The fourth-order valence-electron chi connectivity index (χ4n) is 3.92. The summed E-state index contributed by atoms with van der Waals surface area (Å²) in [7, 11) is -3.16. The molecular formula is C15H24NNaO4S. The molecule has 0 aromatic rings. The molecule has 2 bridgehead atoms. The minimum absolute atomic E-state index is 0. The molecule has 0 aliphatic heterocycles. The Hall–Kier alpha value is 0.120. The van der Waals surface area contributed by atoms with Gasteiger partial charge in [0, 0.05) is 12.0 Å². The number of sulfonamides is 1. The molecular weight excluding hydrogens is 313 g/mol. The summed E-state index contributed by atoms with van der Waals surface area (Å²) in [6.07, 6.45) is 11.1. The fourth-order valence-corrected chi connectivity index (χ4v) is 4.78. The minimum atomic E-state index is -3.16. The number of carboxylic acid groups (broad SMARTS) is 1. The van der Waals surface area contributed by atoms with Gasteiger partial charge in [0.1, 0.15) is 0 Å². The first-order valence-electron chi connectivity index (χ1n) is 7.69. The van der Waals surface area contributed by atoms with Crippen LogP contribution in [0.3, 0.4) is 0 Å². The summed E-state index contributed by atoms with van der Waals surface area (Å²) in [4.78, 5) is 10.3. The molecule has 2 saturated carbocycles. The predicted octanol–water partition coefficient (Wildman–Crippen LogP) is -2.18. The number of hydrogen-bond acceptors (Lipinski definition) is 4. The zero-order chi connectivity index (χ0) is 15.5. The van der Waals surface area contributed by atoms with Crippen molar-refractivity contribution >= 4 is 16.0 Å². The van der Waals surface area contributed by atoms with Crippen LogP contribution >= 0.6 is 0 Å². The van der Waals surface area contributed by atoms with E-state index < -0.39 is 16.0 Å². The number of carboxylic acids is 1. The van der Waals surface area contributed by atoms with E-state index in [1.165, 1.54) is 12.7 Å². The third-order valence-corrected chi connectivity index (χ3v) is 5.47. The van der Waals surface area contributed by atoms with E-state index in [2.05, 4.69) is 10.8 Å². The first-order valence-corrected chi connectivity index (χ1v) is 9.58. The van der Waals surface area contributed by atoms with Crippen molar-refractivity contribution < 1.29 is 47.9 Å². The molecule has 0 spiro atoms. The molecule has 2 aliphatic carbocycles. The van der Waals surface area contributed by atoms with E-state index in [-0.39, 0.29) is 42.0 Å². The van der Waals surface area contributed by atoms with E-state index >= 15 is 0 Å². The van der Waals surface area contributed by atoms with Crippen LogP contribution in [0.1, 0.15) is 44.9 Å².